The van der Waals surface area contributed by atoms with E-state index in [0.717, 1.165) is 5.39 Å². The molecule has 0 spiro atoms. The maximum atomic E-state index is 3.95. The van der Waals surface area contributed by atoms with Crippen LogP contribution in [0, 0.1) is 0 Å². The van der Waals surface area contributed by atoms with Crippen molar-refractivity contribution in [3.63, 3.8) is 0 Å². The van der Waals surface area contributed by atoms with Gasteiger partial charge in [0.25, 0.3) is 0 Å². The number of thiol groups is 1. The Balaban J connectivity index is 2.79. The molecule has 0 aliphatic carbocycles. The van der Waals surface area contributed by atoms with Crippen LogP contribution in [0.5, 0.6) is 0 Å². The lowest BCUT2D eigenvalue weighted by Gasteiger charge is -1.95. The maximum absolute atomic E-state index is 3.95. The Hall–Kier alpha value is -1.30. The zero-order valence-corrected chi connectivity index (χ0v) is 6.34. The third-order valence-corrected chi connectivity index (χ3v) is 1.57. The van der Waals surface area contributed by atoms with E-state index in [4.69, 9.17) is 0 Å². The van der Waals surface area contributed by atoms with E-state index in [0.29, 0.717) is 11.5 Å². The molecule has 5 nitrogen and oxygen atoms in total. The van der Waals surface area contributed by atoms with Gasteiger partial charge in [0.1, 0.15) is 12.1 Å². The second-order valence-electron chi connectivity index (χ2n) is 1.97. The highest BCUT2D eigenvalue weighted by Gasteiger charge is 2.01. The lowest BCUT2D eigenvalue weighted by Crippen LogP contribution is -1.87. The maximum Gasteiger partial charge on any atom is 0.160 e. The predicted octanol–water partition coefficient (Wildman–Crippen LogP) is 0.610. The molecule has 0 amide bonds. The van der Waals surface area contributed by atoms with Crippen molar-refractivity contribution >= 4 is 29.7 Å². The van der Waals surface area contributed by atoms with Crippen molar-refractivity contribution in [2.24, 2.45) is 0 Å². The summed E-state index contributed by atoms with van der Waals surface area (Å²) in [5.74, 6) is 0.659. The van der Waals surface area contributed by atoms with Crippen molar-refractivity contribution in [1.82, 2.24) is 20.2 Å². The highest BCUT2D eigenvalue weighted by atomic mass is 32.1. The first-order valence-electron chi connectivity index (χ1n) is 2.96. The second kappa shape index (κ2) is 2.39. The molecule has 0 aromatic carbocycles. The van der Waals surface area contributed by atoms with Crippen LogP contribution in [0.25, 0.3) is 11.0 Å². The molecular weight excluding hydrogens is 162 g/mol. The number of nitrogens with one attached hydrogen (secondary N) is 2. The minimum absolute atomic E-state index is 0.659. The van der Waals surface area contributed by atoms with E-state index in [1.165, 1.54) is 6.33 Å². The first kappa shape index (κ1) is 6.41. The van der Waals surface area contributed by atoms with Gasteiger partial charge in [-0.3, -0.25) is 5.10 Å². The van der Waals surface area contributed by atoms with Gasteiger partial charge in [0.05, 0.1) is 11.6 Å². The van der Waals surface area contributed by atoms with Gasteiger partial charge in [-0.15, -0.1) is 0 Å². The molecular formula is C5H5N5S. The second-order valence-corrected chi connectivity index (χ2v) is 2.19. The van der Waals surface area contributed by atoms with Crippen molar-refractivity contribution in [2.75, 3.05) is 4.72 Å². The summed E-state index contributed by atoms with van der Waals surface area (Å²) in [6, 6.07) is 0. The van der Waals surface area contributed by atoms with Gasteiger partial charge in [0.2, 0.25) is 0 Å². The Kier molecular flexibility index (Phi) is 1.39. The first-order chi connectivity index (χ1) is 5.42. The minimum Gasteiger partial charge on any atom is -0.316 e. The van der Waals surface area contributed by atoms with E-state index in [1.807, 2.05) is 0 Å². The molecule has 0 aliphatic rings. The van der Waals surface area contributed by atoms with Gasteiger partial charge in [0.15, 0.2) is 5.65 Å². The number of aromatic nitrogens is 4. The Labute approximate surface area is 67.8 Å². The molecule has 0 fully saturated rings. The number of hydrogen-bond donors (Lipinski definition) is 3. The Morgan fingerprint density at radius 3 is 3.18 bits per heavy atom. The van der Waals surface area contributed by atoms with E-state index in [9.17, 15) is 0 Å². The molecule has 0 radical (unpaired) electrons. The summed E-state index contributed by atoms with van der Waals surface area (Å²) in [5, 5.41) is 7.36. The van der Waals surface area contributed by atoms with Crippen LogP contribution in [-0.4, -0.2) is 20.2 Å². The topological polar surface area (TPSA) is 66.5 Å². The lowest BCUT2D eigenvalue weighted by atomic mass is 10.4. The zero-order valence-electron chi connectivity index (χ0n) is 5.44. The number of hydrogen-bond acceptors (Lipinski definition) is 5. The fourth-order valence-electron chi connectivity index (χ4n) is 0.854. The molecule has 0 saturated carbocycles. The average molecular weight is 167 g/mol. The van der Waals surface area contributed by atoms with Crippen molar-refractivity contribution in [2.45, 2.75) is 0 Å². The van der Waals surface area contributed by atoms with Crippen LogP contribution in [-0.2, 0) is 0 Å². The summed E-state index contributed by atoms with van der Waals surface area (Å²) < 4.78 is 2.64. The minimum atomic E-state index is 0.659. The summed E-state index contributed by atoms with van der Waals surface area (Å²) in [7, 11) is 0. The van der Waals surface area contributed by atoms with Crippen LogP contribution >= 0.6 is 12.8 Å². The van der Waals surface area contributed by atoms with E-state index >= 15 is 0 Å². The Bertz CT molecular complexity index is 370. The van der Waals surface area contributed by atoms with Gasteiger partial charge in [-0.25, -0.2) is 9.97 Å². The van der Waals surface area contributed by atoms with Gasteiger partial charge >= 0.3 is 0 Å². The van der Waals surface area contributed by atoms with Gasteiger partial charge in [-0.1, -0.05) is 12.8 Å². The number of aromatic amines is 1. The number of fused-ring (bicyclic) bond motifs is 1. The van der Waals surface area contributed by atoms with Crippen molar-refractivity contribution in [1.29, 1.82) is 0 Å². The number of rotatable bonds is 1. The molecule has 0 atom stereocenters. The normalized spacial score (nSPS) is 10.3. The quantitative estimate of drug-likeness (QED) is 0.544. The highest BCUT2D eigenvalue weighted by molar-refractivity contribution is 7.81. The summed E-state index contributed by atoms with van der Waals surface area (Å²) in [6.07, 6.45) is 3.09. The standard InChI is InChI=1S/C5H5N5S/c11-10-5-3-1-8-9-4(3)6-2-7-5/h1-2,11H,(H2,6,7,8,9,10). The summed E-state index contributed by atoms with van der Waals surface area (Å²) in [4.78, 5) is 7.89. The van der Waals surface area contributed by atoms with Gasteiger partial charge < -0.3 is 4.72 Å². The third kappa shape index (κ3) is 0.911. The molecule has 0 aliphatic heterocycles. The molecule has 11 heavy (non-hydrogen) atoms. The SMILES string of the molecule is SNc1ncnc2[nH]ncc12. The van der Waals surface area contributed by atoms with Crippen LogP contribution in [0.3, 0.4) is 0 Å². The number of H-pyrrole nitrogens is 1. The van der Waals surface area contributed by atoms with Gasteiger partial charge in [0, 0.05) is 0 Å². The van der Waals surface area contributed by atoms with Crippen LogP contribution < -0.4 is 4.72 Å². The molecule has 0 unspecified atom stereocenters. The molecule has 2 rings (SSSR count). The van der Waals surface area contributed by atoms with Crippen LogP contribution in [0.15, 0.2) is 12.5 Å². The smallest absolute Gasteiger partial charge is 0.160 e. The summed E-state index contributed by atoms with van der Waals surface area (Å²) in [5.41, 5.74) is 0.705. The van der Waals surface area contributed by atoms with Gasteiger partial charge in [-0.05, 0) is 0 Å². The monoisotopic (exact) mass is 167 g/mol. The predicted molar refractivity (Wildman–Crippen MR) is 44.3 cm³/mol. The number of anilines is 1. The Morgan fingerprint density at radius 2 is 2.36 bits per heavy atom. The fraction of sp³-hybridized carbons (Fsp3) is 0. The number of nitrogens with zero attached hydrogens (tertiary/aromatic N) is 3. The molecule has 2 aromatic rings. The fourth-order valence-corrected chi connectivity index (χ4v) is 1.03. The van der Waals surface area contributed by atoms with Crippen LogP contribution in [0.1, 0.15) is 0 Å². The molecule has 0 bridgehead atoms. The molecule has 0 saturated heterocycles. The van der Waals surface area contributed by atoms with Crippen molar-refractivity contribution in [3.8, 4) is 0 Å². The largest absolute Gasteiger partial charge is 0.316 e. The molecule has 2 N–H and O–H groups in total. The van der Waals surface area contributed by atoms with E-state index < -0.39 is 0 Å². The highest BCUT2D eigenvalue weighted by Crippen LogP contribution is 2.15. The Morgan fingerprint density at radius 1 is 1.45 bits per heavy atom. The average Bonchev–Trinajstić information content (AvgIpc) is 2.50. The lowest BCUT2D eigenvalue weighted by molar-refractivity contribution is 1.09. The van der Waals surface area contributed by atoms with E-state index in [2.05, 4.69) is 37.7 Å². The molecule has 2 aromatic heterocycles. The molecule has 56 valence electrons. The summed E-state index contributed by atoms with van der Waals surface area (Å²) in [6.45, 7) is 0. The van der Waals surface area contributed by atoms with Crippen LogP contribution in [0.4, 0.5) is 5.82 Å². The van der Waals surface area contributed by atoms with Crippen molar-refractivity contribution in [3.05, 3.63) is 12.5 Å². The third-order valence-electron chi connectivity index (χ3n) is 1.35. The summed E-state index contributed by atoms with van der Waals surface area (Å²) >= 11 is 3.88. The first-order valence-corrected chi connectivity index (χ1v) is 3.40. The molecule has 2 heterocycles. The van der Waals surface area contributed by atoms with E-state index in [1.54, 1.807) is 6.20 Å². The van der Waals surface area contributed by atoms with E-state index in [-0.39, 0.29) is 0 Å². The van der Waals surface area contributed by atoms with Crippen molar-refractivity contribution < 1.29 is 0 Å². The zero-order chi connectivity index (χ0) is 7.68. The van der Waals surface area contributed by atoms with Gasteiger partial charge in [-0.2, -0.15) is 5.10 Å². The molecule has 6 heteroatoms. The van der Waals surface area contributed by atoms with Crippen LogP contribution in [0.2, 0.25) is 0 Å².